The zero-order chi connectivity index (χ0) is 16.7. The van der Waals surface area contributed by atoms with Crippen molar-refractivity contribution in [1.29, 1.82) is 0 Å². The Morgan fingerprint density at radius 2 is 1.88 bits per heavy atom. The molecule has 3 aliphatic heterocycles. The van der Waals surface area contributed by atoms with Gasteiger partial charge in [0.25, 0.3) is 5.91 Å². The summed E-state index contributed by atoms with van der Waals surface area (Å²) in [5.74, 6) is 0.598. The quantitative estimate of drug-likeness (QED) is 0.895. The van der Waals surface area contributed by atoms with Gasteiger partial charge in [0, 0.05) is 22.8 Å². The van der Waals surface area contributed by atoms with Crippen LogP contribution in [0.3, 0.4) is 0 Å². The molecule has 0 saturated carbocycles. The lowest BCUT2D eigenvalue weighted by Gasteiger charge is -2.49. The first kappa shape index (κ1) is 15.7. The highest BCUT2D eigenvalue weighted by Crippen LogP contribution is 2.32. The number of piperidine rings is 3. The highest BCUT2D eigenvalue weighted by molar-refractivity contribution is 6.30. The van der Waals surface area contributed by atoms with Crippen molar-refractivity contribution >= 4 is 17.5 Å². The van der Waals surface area contributed by atoms with Gasteiger partial charge in [-0.2, -0.15) is 0 Å². The number of H-pyrrole nitrogens is 1. The van der Waals surface area contributed by atoms with Gasteiger partial charge in [0.15, 0.2) is 0 Å². The molecule has 2 aromatic rings. The van der Waals surface area contributed by atoms with Gasteiger partial charge in [-0.1, -0.05) is 23.7 Å². The Kier molecular flexibility index (Phi) is 4.10. The highest BCUT2D eigenvalue weighted by Gasteiger charge is 2.40. The first-order valence-corrected chi connectivity index (χ1v) is 8.99. The maximum atomic E-state index is 12.7. The number of amides is 1. The molecule has 5 rings (SSSR count). The maximum Gasteiger partial charge on any atom is 0.267 e. The van der Waals surface area contributed by atoms with Crippen LogP contribution >= 0.6 is 11.6 Å². The van der Waals surface area contributed by atoms with Gasteiger partial charge in [-0.25, -0.2) is 0 Å². The number of benzene rings is 1. The van der Waals surface area contributed by atoms with E-state index in [1.54, 1.807) is 0 Å². The molecule has 1 aromatic carbocycles. The molecule has 3 fully saturated rings. The molecule has 5 heteroatoms. The monoisotopic (exact) mass is 343 g/mol. The van der Waals surface area contributed by atoms with Crippen molar-refractivity contribution < 1.29 is 4.79 Å². The van der Waals surface area contributed by atoms with Crippen molar-refractivity contribution in [2.75, 3.05) is 13.1 Å². The van der Waals surface area contributed by atoms with Crippen LogP contribution in [0.4, 0.5) is 0 Å². The number of halogens is 1. The minimum absolute atomic E-state index is 0.0131. The van der Waals surface area contributed by atoms with Crippen LogP contribution in [0.5, 0.6) is 0 Å². The van der Waals surface area contributed by atoms with Gasteiger partial charge in [-0.3, -0.25) is 9.69 Å². The van der Waals surface area contributed by atoms with E-state index in [-0.39, 0.29) is 11.9 Å². The van der Waals surface area contributed by atoms with Crippen LogP contribution in [-0.4, -0.2) is 41.0 Å². The molecule has 4 heterocycles. The van der Waals surface area contributed by atoms with Crippen LogP contribution in [0, 0.1) is 5.92 Å². The molecule has 0 unspecified atom stereocenters. The predicted octanol–water partition coefficient (Wildman–Crippen LogP) is 3.55. The zero-order valence-electron chi connectivity index (χ0n) is 13.8. The van der Waals surface area contributed by atoms with Crippen LogP contribution in [0.15, 0.2) is 36.4 Å². The predicted molar refractivity (Wildman–Crippen MR) is 96.3 cm³/mol. The van der Waals surface area contributed by atoms with Crippen LogP contribution in [0.25, 0.3) is 11.3 Å². The van der Waals surface area contributed by atoms with Crippen LogP contribution in [-0.2, 0) is 0 Å². The van der Waals surface area contributed by atoms with Gasteiger partial charge in [0.2, 0.25) is 0 Å². The number of carbonyl (C=O) groups is 1. The largest absolute Gasteiger partial charge is 0.351 e. The molecule has 24 heavy (non-hydrogen) atoms. The lowest BCUT2D eigenvalue weighted by Crippen LogP contribution is -2.62. The van der Waals surface area contributed by atoms with Gasteiger partial charge in [0.05, 0.1) is 0 Å². The van der Waals surface area contributed by atoms with Crippen molar-refractivity contribution in [2.45, 2.75) is 31.8 Å². The molecular formula is C19H22ClN3O. The molecule has 126 valence electrons. The summed E-state index contributed by atoms with van der Waals surface area (Å²) in [6.45, 7) is 4.56. The SMILES string of the molecule is C[C@H]1[C@H](NC(=O)c2ccc(-c3ccc(Cl)cc3)[nH]2)C2CCN1CC2. The third kappa shape index (κ3) is 2.85. The fraction of sp³-hybridized carbons (Fsp3) is 0.421. The summed E-state index contributed by atoms with van der Waals surface area (Å²) in [7, 11) is 0. The minimum Gasteiger partial charge on any atom is -0.351 e. The van der Waals surface area contributed by atoms with Crippen LogP contribution in [0.1, 0.15) is 30.3 Å². The van der Waals surface area contributed by atoms with Gasteiger partial charge < -0.3 is 10.3 Å². The Hall–Kier alpha value is -1.78. The van der Waals surface area contributed by atoms with Crippen LogP contribution < -0.4 is 5.32 Å². The number of nitrogens with zero attached hydrogens (tertiary/aromatic N) is 1. The topological polar surface area (TPSA) is 48.1 Å². The Morgan fingerprint density at radius 1 is 1.17 bits per heavy atom. The summed E-state index contributed by atoms with van der Waals surface area (Å²) < 4.78 is 0. The van der Waals surface area contributed by atoms with Gasteiger partial charge in [0.1, 0.15) is 5.69 Å². The number of nitrogens with one attached hydrogen (secondary N) is 2. The molecular weight excluding hydrogens is 322 g/mol. The summed E-state index contributed by atoms with van der Waals surface area (Å²) in [5.41, 5.74) is 2.57. The number of fused-ring (bicyclic) bond motifs is 3. The number of hydrogen-bond acceptors (Lipinski definition) is 2. The molecule has 2 N–H and O–H groups in total. The van der Waals surface area contributed by atoms with E-state index in [1.165, 1.54) is 25.9 Å². The summed E-state index contributed by atoms with van der Waals surface area (Å²) in [6, 6.07) is 12.1. The van der Waals surface area contributed by atoms with E-state index in [0.29, 0.717) is 22.7 Å². The average Bonchev–Trinajstić information content (AvgIpc) is 3.09. The van der Waals surface area contributed by atoms with E-state index in [1.807, 2.05) is 36.4 Å². The fourth-order valence-corrected chi connectivity index (χ4v) is 4.23. The Morgan fingerprint density at radius 3 is 2.54 bits per heavy atom. The second-order valence-electron chi connectivity index (χ2n) is 6.91. The fourth-order valence-electron chi connectivity index (χ4n) is 4.10. The first-order chi connectivity index (χ1) is 11.6. The van der Waals surface area contributed by atoms with E-state index in [0.717, 1.165) is 11.3 Å². The summed E-state index contributed by atoms with van der Waals surface area (Å²) in [6.07, 6.45) is 2.38. The lowest BCUT2D eigenvalue weighted by molar-refractivity contribution is 0.0216. The summed E-state index contributed by atoms with van der Waals surface area (Å²) in [5, 5.41) is 3.97. The Labute approximate surface area is 147 Å². The van der Waals surface area contributed by atoms with Gasteiger partial charge in [-0.05, 0) is 68.6 Å². The van der Waals surface area contributed by atoms with E-state index >= 15 is 0 Å². The molecule has 0 aliphatic carbocycles. The second-order valence-corrected chi connectivity index (χ2v) is 7.34. The summed E-state index contributed by atoms with van der Waals surface area (Å²) in [4.78, 5) is 18.4. The molecule has 2 bridgehead atoms. The number of aromatic amines is 1. The molecule has 4 nitrogen and oxygen atoms in total. The normalized spacial score (nSPS) is 28.8. The van der Waals surface area contributed by atoms with Crippen molar-refractivity contribution in [2.24, 2.45) is 5.92 Å². The average molecular weight is 344 g/mol. The Balaban J connectivity index is 1.48. The van der Waals surface area contributed by atoms with E-state index in [4.69, 9.17) is 11.6 Å². The zero-order valence-corrected chi connectivity index (χ0v) is 14.5. The van der Waals surface area contributed by atoms with Gasteiger partial charge >= 0.3 is 0 Å². The maximum absolute atomic E-state index is 12.7. The summed E-state index contributed by atoms with van der Waals surface area (Å²) >= 11 is 5.93. The molecule has 2 atom stereocenters. The Bertz CT molecular complexity index is 729. The molecule has 0 spiro atoms. The van der Waals surface area contributed by atoms with Crippen LogP contribution in [0.2, 0.25) is 5.02 Å². The van der Waals surface area contributed by atoms with E-state index < -0.39 is 0 Å². The van der Waals surface area contributed by atoms with Gasteiger partial charge in [-0.15, -0.1) is 0 Å². The molecule has 1 amide bonds. The van der Waals surface area contributed by atoms with Crippen molar-refractivity contribution in [1.82, 2.24) is 15.2 Å². The third-order valence-corrected chi connectivity index (χ3v) is 5.81. The molecule has 3 aliphatic rings. The molecule has 3 saturated heterocycles. The smallest absolute Gasteiger partial charge is 0.267 e. The standard InChI is InChI=1S/C19H22ClN3O/c1-12-18(14-8-10-23(12)11-9-14)22-19(24)17-7-6-16(21-17)13-2-4-15(20)5-3-13/h2-7,12,14,18,21H,8-11H2,1H3,(H,22,24)/t12-,18-/m0/s1. The third-order valence-electron chi connectivity index (χ3n) is 5.56. The number of rotatable bonds is 3. The first-order valence-electron chi connectivity index (χ1n) is 8.62. The van der Waals surface area contributed by atoms with E-state index in [9.17, 15) is 4.79 Å². The van der Waals surface area contributed by atoms with Crippen molar-refractivity contribution in [3.05, 3.63) is 47.1 Å². The lowest BCUT2D eigenvalue weighted by atomic mass is 9.79. The minimum atomic E-state index is -0.0131. The molecule has 0 radical (unpaired) electrons. The van der Waals surface area contributed by atoms with Crippen molar-refractivity contribution in [3.63, 3.8) is 0 Å². The molecule has 1 aromatic heterocycles. The van der Waals surface area contributed by atoms with Crippen molar-refractivity contribution in [3.8, 4) is 11.3 Å². The number of carbonyl (C=O) groups excluding carboxylic acids is 1. The number of aromatic nitrogens is 1. The second kappa shape index (κ2) is 6.26. The van der Waals surface area contributed by atoms with E-state index in [2.05, 4.69) is 22.1 Å². The number of hydrogen-bond donors (Lipinski definition) is 2. The highest BCUT2D eigenvalue weighted by atomic mass is 35.5.